The van der Waals surface area contributed by atoms with E-state index in [1.807, 2.05) is 19.1 Å². The third kappa shape index (κ3) is 4.54. The van der Waals surface area contributed by atoms with Crippen molar-refractivity contribution in [2.75, 3.05) is 13.7 Å². The average Bonchev–Trinajstić information content (AvgIpc) is 2.36. The van der Waals surface area contributed by atoms with Gasteiger partial charge < -0.3 is 15.2 Å². The van der Waals surface area contributed by atoms with Crippen LogP contribution in [0.3, 0.4) is 0 Å². The lowest BCUT2D eigenvalue weighted by atomic mass is 10.1. The molecule has 0 saturated carbocycles. The van der Waals surface area contributed by atoms with Crippen molar-refractivity contribution >= 4 is 5.91 Å². The number of amides is 1. The average molecular weight is 237 g/mol. The van der Waals surface area contributed by atoms with E-state index in [1.165, 1.54) is 0 Å². The Kier molecular flexibility index (Phi) is 5.66. The first kappa shape index (κ1) is 13.7. The van der Waals surface area contributed by atoms with E-state index in [2.05, 4.69) is 5.32 Å². The first-order valence-corrected chi connectivity index (χ1v) is 5.71. The van der Waals surface area contributed by atoms with Crippen LogP contribution in [0.25, 0.3) is 0 Å². The summed E-state index contributed by atoms with van der Waals surface area (Å²) in [6.07, 6.45) is 0.144. The van der Waals surface area contributed by atoms with E-state index in [-0.39, 0.29) is 12.5 Å². The van der Waals surface area contributed by atoms with Crippen molar-refractivity contribution in [1.82, 2.24) is 5.32 Å². The Labute approximate surface area is 102 Å². The molecule has 0 heterocycles. The number of ether oxygens (including phenoxy) is 1. The van der Waals surface area contributed by atoms with Gasteiger partial charge in [-0.3, -0.25) is 4.79 Å². The molecule has 0 aromatic heterocycles. The fourth-order valence-corrected chi connectivity index (χ4v) is 1.43. The van der Waals surface area contributed by atoms with Gasteiger partial charge in [-0.1, -0.05) is 19.1 Å². The van der Waals surface area contributed by atoms with Gasteiger partial charge in [-0.25, -0.2) is 0 Å². The number of aliphatic hydroxyl groups is 1. The van der Waals surface area contributed by atoms with Gasteiger partial charge >= 0.3 is 0 Å². The number of nitrogens with one attached hydrogen (secondary N) is 1. The topological polar surface area (TPSA) is 58.6 Å². The molecule has 17 heavy (non-hydrogen) atoms. The van der Waals surface area contributed by atoms with E-state index in [4.69, 9.17) is 4.74 Å². The smallest absolute Gasteiger partial charge is 0.251 e. The normalized spacial score (nSPS) is 12.2. The minimum atomic E-state index is -0.485. The molecule has 1 aromatic carbocycles. The Morgan fingerprint density at radius 1 is 1.53 bits per heavy atom. The van der Waals surface area contributed by atoms with Crippen molar-refractivity contribution in [3.8, 4) is 0 Å². The number of methoxy groups -OCH3 is 1. The molecule has 1 rings (SSSR count). The largest absolute Gasteiger partial charge is 0.391 e. The predicted octanol–water partition coefficient (Wildman–Crippen LogP) is 1.33. The summed E-state index contributed by atoms with van der Waals surface area (Å²) in [6.45, 7) is 2.64. The maximum Gasteiger partial charge on any atom is 0.251 e. The highest BCUT2D eigenvalue weighted by atomic mass is 16.5. The van der Waals surface area contributed by atoms with E-state index in [9.17, 15) is 9.90 Å². The lowest BCUT2D eigenvalue weighted by Crippen LogP contribution is -2.31. The van der Waals surface area contributed by atoms with Crippen LogP contribution in [0.4, 0.5) is 0 Å². The van der Waals surface area contributed by atoms with Gasteiger partial charge in [0.1, 0.15) is 0 Å². The minimum absolute atomic E-state index is 0.171. The van der Waals surface area contributed by atoms with Crippen molar-refractivity contribution in [3.05, 3.63) is 35.4 Å². The van der Waals surface area contributed by atoms with Crippen LogP contribution in [0, 0.1) is 0 Å². The zero-order chi connectivity index (χ0) is 12.7. The molecular weight excluding hydrogens is 218 g/mol. The van der Waals surface area contributed by atoms with Crippen LogP contribution < -0.4 is 5.32 Å². The van der Waals surface area contributed by atoms with Crippen molar-refractivity contribution in [2.45, 2.75) is 26.1 Å². The molecule has 4 nitrogen and oxygen atoms in total. The minimum Gasteiger partial charge on any atom is -0.391 e. The van der Waals surface area contributed by atoms with E-state index < -0.39 is 6.10 Å². The number of benzene rings is 1. The lowest BCUT2D eigenvalue weighted by Gasteiger charge is -2.10. The second kappa shape index (κ2) is 7.04. The van der Waals surface area contributed by atoms with Crippen LogP contribution in [0.2, 0.25) is 0 Å². The first-order valence-electron chi connectivity index (χ1n) is 5.71. The Bertz CT molecular complexity index is 365. The van der Waals surface area contributed by atoms with Crippen molar-refractivity contribution in [2.24, 2.45) is 0 Å². The Morgan fingerprint density at radius 2 is 2.29 bits per heavy atom. The van der Waals surface area contributed by atoms with Gasteiger partial charge in [-0.05, 0) is 24.1 Å². The van der Waals surface area contributed by atoms with Gasteiger partial charge in [0.05, 0.1) is 12.7 Å². The van der Waals surface area contributed by atoms with Gasteiger partial charge in [0.25, 0.3) is 5.91 Å². The third-order valence-corrected chi connectivity index (χ3v) is 2.47. The highest BCUT2D eigenvalue weighted by Gasteiger charge is 2.08. The van der Waals surface area contributed by atoms with Gasteiger partial charge in [0.15, 0.2) is 0 Å². The molecule has 0 saturated heterocycles. The molecule has 0 aliphatic rings. The molecule has 0 aliphatic carbocycles. The molecule has 0 radical (unpaired) electrons. The first-order chi connectivity index (χ1) is 8.17. The molecule has 2 N–H and O–H groups in total. The number of hydrogen-bond acceptors (Lipinski definition) is 3. The van der Waals surface area contributed by atoms with Crippen LogP contribution in [0.1, 0.15) is 29.3 Å². The summed E-state index contributed by atoms with van der Waals surface area (Å²) in [5, 5.41) is 12.0. The second-order valence-electron chi connectivity index (χ2n) is 3.91. The zero-order valence-electron chi connectivity index (χ0n) is 10.3. The number of hydrogen-bond donors (Lipinski definition) is 2. The molecule has 1 aromatic rings. The molecule has 0 aliphatic heterocycles. The van der Waals surface area contributed by atoms with E-state index in [0.29, 0.717) is 18.6 Å². The van der Waals surface area contributed by atoms with Gasteiger partial charge in [0.2, 0.25) is 0 Å². The van der Waals surface area contributed by atoms with Crippen LogP contribution in [-0.4, -0.2) is 30.8 Å². The number of carbonyl (C=O) groups is 1. The number of aliphatic hydroxyl groups excluding tert-OH is 1. The Hall–Kier alpha value is -1.39. The fourth-order valence-electron chi connectivity index (χ4n) is 1.43. The molecule has 0 bridgehead atoms. The summed E-state index contributed by atoms with van der Waals surface area (Å²) in [5.41, 5.74) is 1.54. The summed E-state index contributed by atoms with van der Waals surface area (Å²) in [7, 11) is 1.62. The highest BCUT2D eigenvalue weighted by Crippen LogP contribution is 2.06. The summed E-state index contributed by atoms with van der Waals surface area (Å²) < 4.78 is 5.01. The Balaban J connectivity index is 2.59. The van der Waals surface area contributed by atoms with Crippen LogP contribution in [0.5, 0.6) is 0 Å². The van der Waals surface area contributed by atoms with Crippen molar-refractivity contribution in [1.29, 1.82) is 0 Å². The lowest BCUT2D eigenvalue weighted by molar-refractivity contribution is 0.0913. The van der Waals surface area contributed by atoms with Crippen molar-refractivity contribution in [3.63, 3.8) is 0 Å². The molecule has 0 spiro atoms. The molecule has 94 valence electrons. The number of rotatable bonds is 6. The van der Waals surface area contributed by atoms with Crippen LogP contribution in [0.15, 0.2) is 24.3 Å². The second-order valence-corrected chi connectivity index (χ2v) is 3.91. The van der Waals surface area contributed by atoms with E-state index in [0.717, 1.165) is 5.56 Å². The predicted molar refractivity (Wildman–Crippen MR) is 65.8 cm³/mol. The van der Waals surface area contributed by atoms with Gasteiger partial charge in [-0.15, -0.1) is 0 Å². The summed E-state index contributed by atoms with van der Waals surface area (Å²) in [4.78, 5) is 11.8. The van der Waals surface area contributed by atoms with Gasteiger partial charge in [0, 0.05) is 19.2 Å². The maximum absolute atomic E-state index is 11.8. The summed E-state index contributed by atoms with van der Waals surface area (Å²) in [6, 6.07) is 7.25. The summed E-state index contributed by atoms with van der Waals surface area (Å²) in [5.74, 6) is -0.171. The zero-order valence-corrected chi connectivity index (χ0v) is 10.3. The Morgan fingerprint density at radius 3 is 2.94 bits per heavy atom. The molecule has 1 atom stereocenters. The quantitative estimate of drug-likeness (QED) is 0.784. The fraction of sp³-hybridized carbons (Fsp3) is 0.462. The van der Waals surface area contributed by atoms with Crippen LogP contribution >= 0.6 is 0 Å². The number of carbonyl (C=O) groups excluding carboxylic acids is 1. The van der Waals surface area contributed by atoms with E-state index in [1.54, 1.807) is 19.2 Å². The van der Waals surface area contributed by atoms with Crippen LogP contribution in [-0.2, 0) is 11.3 Å². The molecule has 1 unspecified atom stereocenters. The maximum atomic E-state index is 11.8. The molecular formula is C13H19NO3. The third-order valence-electron chi connectivity index (χ3n) is 2.47. The SMILES string of the molecule is CCC(O)CNC(=O)c1cccc(COC)c1. The monoisotopic (exact) mass is 237 g/mol. The van der Waals surface area contributed by atoms with Gasteiger partial charge in [-0.2, -0.15) is 0 Å². The summed E-state index contributed by atoms with van der Waals surface area (Å²) >= 11 is 0. The molecule has 4 heteroatoms. The standard InChI is InChI=1S/C13H19NO3/c1-3-12(15)8-14-13(16)11-6-4-5-10(7-11)9-17-2/h4-7,12,15H,3,8-9H2,1-2H3,(H,14,16). The molecule has 0 fully saturated rings. The molecule has 1 amide bonds. The van der Waals surface area contributed by atoms with E-state index >= 15 is 0 Å². The highest BCUT2D eigenvalue weighted by molar-refractivity contribution is 5.94. The van der Waals surface area contributed by atoms with Crippen molar-refractivity contribution < 1.29 is 14.6 Å².